The normalized spacial score (nSPS) is 28.9. The Hall–Kier alpha value is -0.520. The van der Waals surface area contributed by atoms with Crippen molar-refractivity contribution in [3.05, 3.63) is 0 Å². The Morgan fingerprint density at radius 2 is 2.27 bits per heavy atom. The smallest absolute Gasteiger partial charge is 0.0240 e. The Balaban J connectivity index is 1.73. The van der Waals surface area contributed by atoms with Crippen LogP contribution in [-0.2, 0) is 0 Å². The van der Waals surface area contributed by atoms with Gasteiger partial charge in [-0.25, -0.2) is 0 Å². The Morgan fingerprint density at radius 1 is 1.47 bits per heavy atom. The van der Waals surface area contributed by atoms with Crippen molar-refractivity contribution in [1.82, 2.24) is 10.2 Å². The minimum Gasteiger partial charge on any atom is -0.309 e. The van der Waals surface area contributed by atoms with E-state index in [2.05, 4.69) is 23.1 Å². The lowest BCUT2D eigenvalue weighted by Crippen LogP contribution is -2.39. The van der Waals surface area contributed by atoms with Gasteiger partial charge in [-0.2, -0.15) is 0 Å². The van der Waals surface area contributed by atoms with Gasteiger partial charge in [0.1, 0.15) is 0 Å². The number of hydrogen-bond donors (Lipinski definition) is 1. The van der Waals surface area contributed by atoms with Gasteiger partial charge in [0.25, 0.3) is 0 Å². The summed E-state index contributed by atoms with van der Waals surface area (Å²) in [4.78, 5) is 2.64. The maximum atomic E-state index is 5.36. The summed E-state index contributed by atoms with van der Waals surface area (Å²) in [6, 6.07) is 2.13. The molecule has 0 spiro atoms. The average Bonchev–Trinajstić information content (AvgIpc) is 2.99. The Morgan fingerprint density at radius 3 is 2.87 bits per heavy atom. The second kappa shape index (κ2) is 5.01. The highest BCUT2D eigenvalue weighted by molar-refractivity contribution is 4.95. The van der Waals surface area contributed by atoms with Crippen LogP contribution in [0.25, 0.3) is 0 Å². The number of rotatable bonds is 5. The molecule has 15 heavy (non-hydrogen) atoms. The monoisotopic (exact) mass is 206 g/mol. The molecule has 0 amide bonds. The minimum absolute atomic E-state index is 0.527. The van der Waals surface area contributed by atoms with E-state index in [0.717, 1.165) is 18.9 Å². The van der Waals surface area contributed by atoms with Crippen molar-refractivity contribution in [2.45, 2.75) is 57.2 Å². The summed E-state index contributed by atoms with van der Waals surface area (Å²) in [5, 5.41) is 3.70. The zero-order valence-electron chi connectivity index (χ0n) is 9.71. The van der Waals surface area contributed by atoms with E-state index in [9.17, 15) is 0 Å². The highest BCUT2D eigenvalue weighted by Gasteiger charge is 2.34. The predicted molar refractivity (Wildman–Crippen MR) is 63.7 cm³/mol. The van der Waals surface area contributed by atoms with Crippen LogP contribution in [-0.4, -0.2) is 36.1 Å². The molecule has 2 unspecified atom stereocenters. The van der Waals surface area contributed by atoms with Crippen LogP contribution >= 0.6 is 0 Å². The van der Waals surface area contributed by atoms with Gasteiger partial charge in [-0.15, -0.1) is 12.3 Å². The third kappa shape index (κ3) is 2.96. The first-order valence-corrected chi connectivity index (χ1v) is 6.27. The molecule has 0 radical (unpaired) electrons. The van der Waals surface area contributed by atoms with Gasteiger partial charge in [0.2, 0.25) is 0 Å². The molecule has 84 valence electrons. The van der Waals surface area contributed by atoms with Crippen LogP contribution in [0.1, 0.15) is 39.0 Å². The SMILES string of the molecule is C#CCC(CC)NC1CCN(C2CC2)C1. The number of nitrogens with zero attached hydrogens (tertiary/aromatic N) is 1. The molecular formula is C13H22N2. The highest BCUT2D eigenvalue weighted by atomic mass is 15.2. The second-order valence-corrected chi connectivity index (χ2v) is 4.89. The van der Waals surface area contributed by atoms with E-state index in [1.54, 1.807) is 0 Å². The highest BCUT2D eigenvalue weighted by Crippen LogP contribution is 2.29. The first-order valence-electron chi connectivity index (χ1n) is 6.27. The van der Waals surface area contributed by atoms with Gasteiger partial charge in [0.05, 0.1) is 0 Å². The van der Waals surface area contributed by atoms with E-state index in [1.165, 1.54) is 32.4 Å². The topological polar surface area (TPSA) is 15.3 Å². The van der Waals surface area contributed by atoms with Crippen molar-refractivity contribution in [3.8, 4) is 12.3 Å². The number of nitrogens with one attached hydrogen (secondary N) is 1. The van der Waals surface area contributed by atoms with Crippen molar-refractivity contribution >= 4 is 0 Å². The fourth-order valence-corrected chi connectivity index (χ4v) is 2.49. The fourth-order valence-electron chi connectivity index (χ4n) is 2.49. The average molecular weight is 206 g/mol. The third-order valence-corrected chi connectivity index (χ3v) is 3.61. The lowest BCUT2D eigenvalue weighted by Gasteiger charge is -2.20. The van der Waals surface area contributed by atoms with Crippen molar-refractivity contribution in [3.63, 3.8) is 0 Å². The van der Waals surface area contributed by atoms with Crippen LogP contribution in [0.5, 0.6) is 0 Å². The molecule has 2 fully saturated rings. The maximum Gasteiger partial charge on any atom is 0.0240 e. The van der Waals surface area contributed by atoms with Crippen molar-refractivity contribution < 1.29 is 0 Å². The van der Waals surface area contributed by atoms with Crippen molar-refractivity contribution in [1.29, 1.82) is 0 Å². The van der Waals surface area contributed by atoms with E-state index in [1.807, 2.05) is 0 Å². The molecule has 2 aliphatic rings. The second-order valence-electron chi connectivity index (χ2n) is 4.89. The van der Waals surface area contributed by atoms with E-state index in [4.69, 9.17) is 6.42 Å². The summed E-state index contributed by atoms with van der Waals surface area (Å²) in [6.45, 7) is 4.74. The number of likely N-dealkylation sites (tertiary alicyclic amines) is 1. The fraction of sp³-hybridized carbons (Fsp3) is 0.846. The summed E-state index contributed by atoms with van der Waals surface area (Å²) in [5.74, 6) is 2.76. The van der Waals surface area contributed by atoms with E-state index < -0.39 is 0 Å². The van der Waals surface area contributed by atoms with Crippen LogP contribution in [0.2, 0.25) is 0 Å². The molecule has 0 aromatic rings. The van der Waals surface area contributed by atoms with Gasteiger partial charge >= 0.3 is 0 Å². The molecule has 2 heteroatoms. The molecule has 1 saturated heterocycles. The van der Waals surface area contributed by atoms with Gasteiger partial charge in [0, 0.05) is 37.6 Å². The zero-order chi connectivity index (χ0) is 10.7. The van der Waals surface area contributed by atoms with Crippen molar-refractivity contribution in [2.75, 3.05) is 13.1 Å². The van der Waals surface area contributed by atoms with Gasteiger partial charge in [0.15, 0.2) is 0 Å². The van der Waals surface area contributed by atoms with Gasteiger partial charge in [-0.1, -0.05) is 6.92 Å². The van der Waals surface area contributed by atoms with E-state index >= 15 is 0 Å². The van der Waals surface area contributed by atoms with E-state index in [-0.39, 0.29) is 0 Å². The largest absolute Gasteiger partial charge is 0.309 e. The molecular weight excluding hydrogens is 184 g/mol. The molecule has 2 atom stereocenters. The maximum absolute atomic E-state index is 5.36. The first kappa shape index (κ1) is 11.0. The van der Waals surface area contributed by atoms with Gasteiger partial charge < -0.3 is 5.32 Å². The summed E-state index contributed by atoms with van der Waals surface area (Å²) < 4.78 is 0. The molecule has 2 nitrogen and oxygen atoms in total. The Labute approximate surface area is 93.4 Å². The Bertz CT molecular complexity index is 239. The summed E-state index contributed by atoms with van der Waals surface area (Å²) in [5.41, 5.74) is 0. The van der Waals surface area contributed by atoms with Gasteiger partial charge in [-0.3, -0.25) is 4.90 Å². The molecule has 1 N–H and O–H groups in total. The third-order valence-electron chi connectivity index (χ3n) is 3.61. The van der Waals surface area contributed by atoms with Crippen molar-refractivity contribution in [2.24, 2.45) is 0 Å². The zero-order valence-corrected chi connectivity index (χ0v) is 9.71. The molecule has 0 bridgehead atoms. The Kier molecular flexibility index (Phi) is 3.66. The molecule has 1 aliphatic heterocycles. The molecule has 1 aliphatic carbocycles. The lowest BCUT2D eigenvalue weighted by atomic mass is 10.1. The lowest BCUT2D eigenvalue weighted by molar-refractivity contribution is 0.311. The molecule has 1 heterocycles. The standard InChI is InChI=1S/C13H22N2/c1-3-5-11(4-2)14-12-8-9-15(10-12)13-6-7-13/h1,11-14H,4-10H2,2H3. The molecule has 2 rings (SSSR count). The van der Waals surface area contributed by atoms with E-state index in [0.29, 0.717) is 12.1 Å². The summed E-state index contributed by atoms with van der Waals surface area (Å²) in [7, 11) is 0. The minimum atomic E-state index is 0.527. The number of hydrogen-bond acceptors (Lipinski definition) is 2. The van der Waals surface area contributed by atoms with Crippen LogP contribution in [0.4, 0.5) is 0 Å². The van der Waals surface area contributed by atoms with Crippen LogP contribution < -0.4 is 5.32 Å². The molecule has 1 saturated carbocycles. The number of terminal acetylenes is 1. The molecule has 0 aromatic heterocycles. The van der Waals surface area contributed by atoms with Crippen LogP contribution in [0, 0.1) is 12.3 Å². The summed E-state index contributed by atoms with van der Waals surface area (Å²) in [6.07, 6.45) is 11.5. The van der Waals surface area contributed by atoms with Crippen LogP contribution in [0.15, 0.2) is 0 Å². The van der Waals surface area contributed by atoms with Gasteiger partial charge in [-0.05, 0) is 25.7 Å². The van der Waals surface area contributed by atoms with Crippen LogP contribution in [0.3, 0.4) is 0 Å². The first-order chi connectivity index (χ1) is 7.33. The quantitative estimate of drug-likeness (QED) is 0.688. The molecule has 0 aromatic carbocycles. The summed E-state index contributed by atoms with van der Waals surface area (Å²) >= 11 is 0. The predicted octanol–water partition coefficient (Wildman–Crippen LogP) is 1.61.